The van der Waals surface area contributed by atoms with Crippen LogP contribution in [0.3, 0.4) is 0 Å². The van der Waals surface area contributed by atoms with Gasteiger partial charge in [-0.3, -0.25) is 14.0 Å². The van der Waals surface area contributed by atoms with E-state index in [0.29, 0.717) is 6.42 Å². The van der Waals surface area contributed by atoms with E-state index in [1.165, 1.54) is 0 Å². The van der Waals surface area contributed by atoms with Gasteiger partial charge in [0.2, 0.25) is 5.52 Å². The molecular weight excluding hydrogens is 296 g/mol. The van der Waals surface area contributed by atoms with Crippen molar-refractivity contribution in [1.82, 2.24) is 4.90 Å². The fourth-order valence-corrected chi connectivity index (χ4v) is 5.15. The highest BCUT2D eigenvalue weighted by molar-refractivity contribution is 7.70. The lowest BCUT2D eigenvalue weighted by Crippen LogP contribution is -2.47. The SMILES string of the molecule is C=CCC1(O)CCN(C(P(=O)(O)O)P(=O)(O)O)CC1. The summed E-state index contributed by atoms with van der Waals surface area (Å²) in [6, 6.07) is 0. The zero-order valence-electron chi connectivity index (χ0n) is 10.3. The molecule has 0 atom stereocenters. The van der Waals surface area contributed by atoms with E-state index in [1.54, 1.807) is 6.08 Å². The van der Waals surface area contributed by atoms with E-state index in [0.717, 1.165) is 4.90 Å². The Balaban J connectivity index is 2.85. The minimum atomic E-state index is -4.96. The number of likely N-dealkylation sites (tertiary alicyclic amines) is 1. The Labute approximate surface area is 111 Å². The van der Waals surface area contributed by atoms with Crippen LogP contribution in [0.15, 0.2) is 12.7 Å². The molecule has 0 aromatic rings. The number of piperidine rings is 1. The van der Waals surface area contributed by atoms with Gasteiger partial charge in [-0.15, -0.1) is 6.58 Å². The monoisotopic (exact) mass is 315 g/mol. The lowest BCUT2D eigenvalue weighted by Gasteiger charge is -2.41. The van der Waals surface area contributed by atoms with Crippen molar-refractivity contribution in [1.29, 1.82) is 0 Å². The molecule has 1 rings (SSSR count). The molecule has 10 heteroatoms. The summed E-state index contributed by atoms with van der Waals surface area (Å²) in [5.74, 6) is 0. The Morgan fingerprint density at radius 1 is 1.16 bits per heavy atom. The second kappa shape index (κ2) is 5.76. The average Bonchev–Trinajstić information content (AvgIpc) is 2.18. The van der Waals surface area contributed by atoms with Crippen molar-refractivity contribution >= 4 is 15.2 Å². The second-order valence-corrected chi connectivity index (χ2v) is 8.52. The van der Waals surface area contributed by atoms with Gasteiger partial charge in [-0.1, -0.05) is 6.08 Å². The van der Waals surface area contributed by atoms with Gasteiger partial charge in [0.05, 0.1) is 5.60 Å². The van der Waals surface area contributed by atoms with Gasteiger partial charge in [0.15, 0.2) is 0 Å². The van der Waals surface area contributed by atoms with Crippen LogP contribution in [0.5, 0.6) is 0 Å². The molecule has 0 aromatic carbocycles. The van der Waals surface area contributed by atoms with Gasteiger partial charge in [0.25, 0.3) is 0 Å². The minimum absolute atomic E-state index is 0.00519. The van der Waals surface area contributed by atoms with E-state index < -0.39 is 26.3 Å². The smallest absolute Gasteiger partial charge is 0.354 e. The van der Waals surface area contributed by atoms with Crippen LogP contribution in [0.4, 0.5) is 0 Å². The number of nitrogens with zero attached hydrogens (tertiary/aromatic N) is 1. The van der Waals surface area contributed by atoms with Crippen LogP contribution in [0, 0.1) is 0 Å². The fraction of sp³-hybridized carbons (Fsp3) is 0.778. The van der Waals surface area contributed by atoms with E-state index in [2.05, 4.69) is 6.58 Å². The molecule has 0 spiro atoms. The highest BCUT2D eigenvalue weighted by Crippen LogP contribution is 2.61. The topological polar surface area (TPSA) is 139 Å². The molecule has 0 aromatic heterocycles. The van der Waals surface area contributed by atoms with E-state index in [-0.39, 0.29) is 25.9 Å². The predicted octanol–water partition coefficient (Wildman–Crippen LogP) is 0.0284. The number of rotatable bonds is 5. The molecular formula is C9H19NO7P2. The van der Waals surface area contributed by atoms with Crippen LogP contribution in [0.25, 0.3) is 0 Å². The Hall–Kier alpha value is -0.0400. The summed E-state index contributed by atoms with van der Waals surface area (Å²) >= 11 is 0. The Morgan fingerprint density at radius 2 is 1.58 bits per heavy atom. The number of aliphatic hydroxyl groups is 1. The third-order valence-corrected chi connectivity index (χ3v) is 6.84. The standard InChI is InChI=1S/C9H19NO7P2/c1-2-3-9(11)4-6-10(7-5-9)8(18(12,13)14)19(15,16)17/h2,8,11H,1,3-7H2,(H2,12,13,14)(H2,15,16,17). The van der Waals surface area contributed by atoms with Crippen molar-refractivity contribution in [2.75, 3.05) is 13.1 Å². The summed E-state index contributed by atoms with van der Waals surface area (Å²) in [6.07, 6.45) is 2.22. The quantitative estimate of drug-likeness (QED) is 0.354. The lowest BCUT2D eigenvalue weighted by atomic mass is 9.88. The Morgan fingerprint density at radius 3 is 1.89 bits per heavy atom. The van der Waals surface area contributed by atoms with Crippen LogP contribution < -0.4 is 0 Å². The zero-order chi connectivity index (χ0) is 14.9. The van der Waals surface area contributed by atoms with Crippen molar-refractivity contribution in [2.45, 2.75) is 30.4 Å². The van der Waals surface area contributed by atoms with Gasteiger partial charge in [-0.2, -0.15) is 0 Å². The van der Waals surface area contributed by atoms with Crippen LogP contribution in [-0.4, -0.2) is 53.8 Å². The number of hydrogen-bond acceptors (Lipinski definition) is 4. The van der Waals surface area contributed by atoms with Crippen molar-refractivity contribution in [3.05, 3.63) is 12.7 Å². The van der Waals surface area contributed by atoms with Crippen LogP contribution in [0.1, 0.15) is 19.3 Å². The molecule has 0 saturated carbocycles. The summed E-state index contributed by atoms with van der Waals surface area (Å²) in [5, 5.41) is 10.1. The molecule has 0 aliphatic carbocycles. The van der Waals surface area contributed by atoms with Crippen LogP contribution >= 0.6 is 15.2 Å². The molecule has 0 radical (unpaired) electrons. The lowest BCUT2D eigenvalue weighted by molar-refractivity contribution is -0.0196. The third kappa shape index (κ3) is 4.48. The van der Waals surface area contributed by atoms with E-state index >= 15 is 0 Å². The first-order chi connectivity index (χ1) is 8.49. The van der Waals surface area contributed by atoms with Crippen molar-refractivity contribution in [3.8, 4) is 0 Å². The molecule has 5 N–H and O–H groups in total. The predicted molar refractivity (Wildman–Crippen MR) is 68.4 cm³/mol. The minimum Gasteiger partial charge on any atom is -0.389 e. The molecule has 1 saturated heterocycles. The summed E-state index contributed by atoms with van der Waals surface area (Å²) in [6.45, 7) is 3.52. The average molecular weight is 315 g/mol. The molecule has 8 nitrogen and oxygen atoms in total. The largest absolute Gasteiger partial charge is 0.389 e. The Kier molecular flexibility index (Phi) is 5.15. The summed E-state index contributed by atoms with van der Waals surface area (Å²) < 4.78 is 22.5. The normalized spacial score (nSPS) is 21.6. The summed E-state index contributed by atoms with van der Waals surface area (Å²) in [5.41, 5.74) is -3.15. The fourth-order valence-electron chi connectivity index (χ4n) is 2.27. The molecule has 0 amide bonds. The third-order valence-electron chi connectivity index (χ3n) is 3.18. The van der Waals surface area contributed by atoms with Gasteiger partial charge in [-0.05, 0) is 19.3 Å². The summed E-state index contributed by atoms with van der Waals surface area (Å²) in [7, 11) is -9.92. The number of hydrogen-bond donors (Lipinski definition) is 5. The van der Waals surface area contributed by atoms with Gasteiger partial charge in [0.1, 0.15) is 0 Å². The second-order valence-electron chi connectivity index (χ2n) is 4.78. The van der Waals surface area contributed by atoms with Crippen molar-refractivity contribution < 1.29 is 33.8 Å². The highest BCUT2D eigenvalue weighted by Gasteiger charge is 2.49. The van der Waals surface area contributed by atoms with E-state index in [1.807, 2.05) is 0 Å². The first kappa shape index (κ1) is 17.0. The van der Waals surface area contributed by atoms with Gasteiger partial charge in [0, 0.05) is 13.1 Å². The first-order valence-electron chi connectivity index (χ1n) is 5.67. The molecule has 0 unspecified atom stereocenters. The molecule has 19 heavy (non-hydrogen) atoms. The van der Waals surface area contributed by atoms with Gasteiger partial charge < -0.3 is 24.7 Å². The first-order valence-corrected chi connectivity index (χ1v) is 9.04. The van der Waals surface area contributed by atoms with Gasteiger partial charge in [-0.25, -0.2) is 0 Å². The zero-order valence-corrected chi connectivity index (χ0v) is 12.1. The molecule has 112 valence electrons. The maximum Gasteiger partial charge on any atom is 0.354 e. The molecule has 0 bridgehead atoms. The van der Waals surface area contributed by atoms with E-state index in [4.69, 9.17) is 19.6 Å². The van der Waals surface area contributed by atoms with Crippen LogP contribution in [0.2, 0.25) is 0 Å². The van der Waals surface area contributed by atoms with Gasteiger partial charge >= 0.3 is 15.2 Å². The summed E-state index contributed by atoms with van der Waals surface area (Å²) in [4.78, 5) is 37.4. The molecule has 1 aliphatic heterocycles. The molecule has 1 heterocycles. The molecule has 1 fully saturated rings. The van der Waals surface area contributed by atoms with Crippen LogP contribution in [-0.2, 0) is 9.13 Å². The Bertz CT molecular complexity index is 398. The molecule has 1 aliphatic rings. The maximum atomic E-state index is 11.2. The maximum absolute atomic E-state index is 11.2. The van der Waals surface area contributed by atoms with Crippen molar-refractivity contribution in [2.24, 2.45) is 0 Å². The van der Waals surface area contributed by atoms with E-state index in [9.17, 15) is 14.2 Å². The van der Waals surface area contributed by atoms with Crippen molar-refractivity contribution in [3.63, 3.8) is 0 Å². The highest BCUT2D eigenvalue weighted by atomic mass is 31.2.